The number of aliphatic hydroxyl groups is 1. The van der Waals surface area contributed by atoms with Crippen LogP contribution in [0.25, 0.3) is 11.2 Å². The van der Waals surface area contributed by atoms with Gasteiger partial charge in [0, 0.05) is 12.7 Å². The molecule has 0 fully saturated rings. The Labute approximate surface area is 146 Å². The van der Waals surface area contributed by atoms with E-state index in [0.29, 0.717) is 17.0 Å². The molecule has 0 aliphatic heterocycles. The number of imidazole rings is 1. The predicted molar refractivity (Wildman–Crippen MR) is 96.1 cm³/mol. The minimum atomic E-state index is -0.456. The summed E-state index contributed by atoms with van der Waals surface area (Å²) >= 11 is 0. The second kappa shape index (κ2) is 7.44. The molecule has 3 rings (SSSR count). The number of aromatic nitrogens is 3. The van der Waals surface area contributed by atoms with Gasteiger partial charge in [0.25, 0.3) is 5.91 Å². The van der Waals surface area contributed by atoms with Crippen LogP contribution in [0.3, 0.4) is 0 Å². The van der Waals surface area contributed by atoms with Gasteiger partial charge in [-0.05, 0) is 17.5 Å². The van der Waals surface area contributed by atoms with Crippen molar-refractivity contribution in [3.05, 3.63) is 60.0 Å². The molecule has 2 heterocycles. The molecule has 1 aromatic carbocycles. The number of hydrogen-bond donors (Lipinski definition) is 2. The van der Waals surface area contributed by atoms with E-state index in [1.54, 1.807) is 18.6 Å². The number of nitrogens with one attached hydrogen (secondary N) is 1. The van der Waals surface area contributed by atoms with Crippen LogP contribution in [0.2, 0.25) is 0 Å². The SMILES string of the molecule is CC(C)Cn1cnc2cc(C(=O)NC(CO)c3ccccc3)cnc21. The Morgan fingerprint density at radius 2 is 2.00 bits per heavy atom. The van der Waals surface area contributed by atoms with E-state index in [1.165, 1.54) is 0 Å². The predicted octanol–water partition coefficient (Wildman–Crippen LogP) is 2.55. The summed E-state index contributed by atoms with van der Waals surface area (Å²) in [6, 6.07) is 10.7. The molecular weight excluding hydrogens is 316 g/mol. The average molecular weight is 338 g/mol. The molecule has 1 amide bonds. The number of nitrogens with zero attached hydrogens (tertiary/aromatic N) is 3. The lowest BCUT2D eigenvalue weighted by Gasteiger charge is -2.16. The first kappa shape index (κ1) is 17.1. The van der Waals surface area contributed by atoms with Crippen molar-refractivity contribution in [3.8, 4) is 0 Å². The molecule has 3 aromatic rings. The van der Waals surface area contributed by atoms with Crippen molar-refractivity contribution in [2.75, 3.05) is 6.61 Å². The molecule has 6 heteroatoms. The number of amides is 1. The third-order valence-electron chi connectivity index (χ3n) is 3.97. The Kier molecular flexibility index (Phi) is 5.09. The molecule has 2 N–H and O–H groups in total. The molecule has 0 saturated heterocycles. The summed E-state index contributed by atoms with van der Waals surface area (Å²) in [6.07, 6.45) is 3.30. The number of fused-ring (bicyclic) bond motifs is 1. The Bertz CT molecular complexity index is 858. The van der Waals surface area contributed by atoms with E-state index in [-0.39, 0.29) is 12.5 Å². The third kappa shape index (κ3) is 3.85. The zero-order chi connectivity index (χ0) is 17.8. The highest BCUT2D eigenvalue weighted by atomic mass is 16.3. The largest absolute Gasteiger partial charge is 0.394 e. The van der Waals surface area contributed by atoms with Crippen LogP contribution in [0, 0.1) is 5.92 Å². The number of benzene rings is 1. The molecule has 0 bridgehead atoms. The fourth-order valence-corrected chi connectivity index (χ4v) is 2.76. The van der Waals surface area contributed by atoms with Gasteiger partial charge < -0.3 is 15.0 Å². The van der Waals surface area contributed by atoms with Crippen LogP contribution in [0.4, 0.5) is 0 Å². The monoisotopic (exact) mass is 338 g/mol. The van der Waals surface area contributed by atoms with E-state index >= 15 is 0 Å². The molecule has 0 aliphatic rings. The van der Waals surface area contributed by atoms with Gasteiger partial charge in [0.1, 0.15) is 5.52 Å². The van der Waals surface area contributed by atoms with Crippen LogP contribution in [0.1, 0.15) is 35.8 Å². The second-order valence-corrected chi connectivity index (χ2v) is 6.48. The van der Waals surface area contributed by atoms with Crippen LogP contribution in [0.15, 0.2) is 48.9 Å². The van der Waals surface area contributed by atoms with Crippen molar-refractivity contribution < 1.29 is 9.90 Å². The van der Waals surface area contributed by atoms with Crippen LogP contribution in [-0.4, -0.2) is 32.2 Å². The van der Waals surface area contributed by atoms with E-state index in [2.05, 4.69) is 29.1 Å². The third-order valence-corrected chi connectivity index (χ3v) is 3.97. The van der Waals surface area contributed by atoms with Gasteiger partial charge in [-0.3, -0.25) is 4.79 Å². The first-order valence-electron chi connectivity index (χ1n) is 8.36. The zero-order valence-electron chi connectivity index (χ0n) is 14.4. The second-order valence-electron chi connectivity index (χ2n) is 6.48. The molecule has 130 valence electrons. The maximum absolute atomic E-state index is 12.5. The van der Waals surface area contributed by atoms with Gasteiger partial charge in [-0.2, -0.15) is 0 Å². The molecule has 0 radical (unpaired) electrons. The lowest BCUT2D eigenvalue weighted by molar-refractivity contribution is 0.0916. The number of hydrogen-bond acceptors (Lipinski definition) is 4. The van der Waals surface area contributed by atoms with Crippen LogP contribution >= 0.6 is 0 Å². The van der Waals surface area contributed by atoms with E-state index < -0.39 is 6.04 Å². The molecule has 1 atom stereocenters. The van der Waals surface area contributed by atoms with Crippen LogP contribution in [-0.2, 0) is 6.54 Å². The molecule has 6 nitrogen and oxygen atoms in total. The van der Waals surface area contributed by atoms with Gasteiger partial charge in [-0.15, -0.1) is 0 Å². The van der Waals surface area contributed by atoms with Crippen molar-refractivity contribution >= 4 is 17.1 Å². The van der Waals surface area contributed by atoms with Crippen molar-refractivity contribution in [1.29, 1.82) is 0 Å². The van der Waals surface area contributed by atoms with Crippen molar-refractivity contribution in [2.24, 2.45) is 5.92 Å². The summed E-state index contributed by atoms with van der Waals surface area (Å²) in [5, 5.41) is 12.4. The van der Waals surface area contributed by atoms with E-state index in [1.807, 2.05) is 34.9 Å². The number of pyridine rings is 1. The summed E-state index contributed by atoms with van der Waals surface area (Å²) in [5.74, 6) is 0.203. The molecular formula is C19H22N4O2. The number of rotatable bonds is 6. The average Bonchev–Trinajstić information content (AvgIpc) is 3.01. The molecule has 0 aliphatic carbocycles. The van der Waals surface area contributed by atoms with E-state index in [4.69, 9.17) is 0 Å². The molecule has 2 aromatic heterocycles. The van der Waals surface area contributed by atoms with E-state index in [9.17, 15) is 9.90 Å². The van der Waals surface area contributed by atoms with Crippen molar-refractivity contribution in [3.63, 3.8) is 0 Å². The Hall–Kier alpha value is -2.73. The minimum absolute atomic E-state index is 0.172. The van der Waals surface area contributed by atoms with Crippen LogP contribution < -0.4 is 5.32 Å². The molecule has 25 heavy (non-hydrogen) atoms. The van der Waals surface area contributed by atoms with Gasteiger partial charge in [-0.25, -0.2) is 9.97 Å². The Morgan fingerprint density at radius 1 is 1.24 bits per heavy atom. The fourth-order valence-electron chi connectivity index (χ4n) is 2.76. The molecule has 0 spiro atoms. The summed E-state index contributed by atoms with van der Waals surface area (Å²) < 4.78 is 1.99. The van der Waals surface area contributed by atoms with Gasteiger partial charge >= 0.3 is 0 Å². The van der Waals surface area contributed by atoms with Crippen LogP contribution in [0.5, 0.6) is 0 Å². The summed E-state index contributed by atoms with van der Waals surface area (Å²) in [5.41, 5.74) is 2.74. The molecule has 1 unspecified atom stereocenters. The number of aliphatic hydroxyl groups excluding tert-OH is 1. The standard InChI is InChI=1S/C19H22N4O2/c1-13(2)10-23-12-21-16-8-15(9-20-18(16)23)19(25)22-17(11-24)14-6-4-3-5-7-14/h3-9,12-13,17,24H,10-11H2,1-2H3,(H,22,25). The lowest BCUT2D eigenvalue weighted by Crippen LogP contribution is -2.30. The summed E-state index contributed by atoms with van der Waals surface area (Å²) in [6.45, 7) is 4.92. The summed E-state index contributed by atoms with van der Waals surface area (Å²) in [7, 11) is 0. The van der Waals surface area contributed by atoms with Gasteiger partial charge in [0.05, 0.1) is 24.5 Å². The maximum atomic E-state index is 12.5. The highest BCUT2D eigenvalue weighted by Gasteiger charge is 2.16. The first-order chi connectivity index (χ1) is 12.1. The van der Waals surface area contributed by atoms with Gasteiger partial charge in [0.2, 0.25) is 0 Å². The Morgan fingerprint density at radius 3 is 2.68 bits per heavy atom. The summed E-state index contributed by atoms with van der Waals surface area (Å²) in [4.78, 5) is 21.3. The highest BCUT2D eigenvalue weighted by Crippen LogP contribution is 2.16. The highest BCUT2D eigenvalue weighted by molar-refractivity contribution is 5.96. The number of carbonyl (C=O) groups is 1. The van der Waals surface area contributed by atoms with Crippen molar-refractivity contribution in [2.45, 2.75) is 26.4 Å². The Balaban J connectivity index is 1.80. The van der Waals surface area contributed by atoms with Gasteiger partial charge in [0.15, 0.2) is 5.65 Å². The lowest BCUT2D eigenvalue weighted by atomic mass is 10.1. The zero-order valence-corrected chi connectivity index (χ0v) is 14.4. The smallest absolute Gasteiger partial charge is 0.253 e. The fraction of sp³-hybridized carbons (Fsp3) is 0.316. The first-order valence-corrected chi connectivity index (χ1v) is 8.36. The normalized spacial score (nSPS) is 12.5. The quantitative estimate of drug-likeness (QED) is 0.724. The van der Waals surface area contributed by atoms with Crippen molar-refractivity contribution in [1.82, 2.24) is 19.9 Å². The van der Waals surface area contributed by atoms with E-state index in [0.717, 1.165) is 17.8 Å². The minimum Gasteiger partial charge on any atom is -0.394 e. The number of carbonyl (C=O) groups excluding carboxylic acids is 1. The molecule has 0 saturated carbocycles. The topological polar surface area (TPSA) is 80.0 Å². The van der Waals surface area contributed by atoms with Gasteiger partial charge in [-0.1, -0.05) is 44.2 Å². The maximum Gasteiger partial charge on any atom is 0.253 e.